The second-order valence-corrected chi connectivity index (χ2v) is 4.94. The highest BCUT2D eigenvalue weighted by Gasteiger charge is 2.24. The van der Waals surface area contributed by atoms with Crippen LogP contribution in [0.4, 0.5) is 0 Å². The van der Waals surface area contributed by atoms with Gasteiger partial charge in [-0.05, 0) is 25.2 Å². The molecule has 1 nitrogen and oxygen atoms in total. The molecule has 0 aliphatic rings. The zero-order valence-electron chi connectivity index (χ0n) is 11.6. The van der Waals surface area contributed by atoms with E-state index < -0.39 is 0 Å². The Labute approximate surface area is 103 Å². The van der Waals surface area contributed by atoms with E-state index in [0.717, 1.165) is 6.54 Å². The topological polar surface area (TPSA) is 0 Å². The Morgan fingerprint density at radius 2 is 1.19 bits per heavy atom. The van der Waals surface area contributed by atoms with E-state index in [-0.39, 0.29) is 0 Å². The molecular weight excluding hydrogens is 194 g/mol. The van der Waals surface area contributed by atoms with Gasteiger partial charge in [-0.25, -0.2) is 0 Å². The number of terminal acetylenes is 1. The predicted molar refractivity (Wildman–Crippen MR) is 73.3 cm³/mol. The van der Waals surface area contributed by atoms with Crippen LogP contribution in [0.15, 0.2) is 0 Å². The molecule has 0 aromatic rings. The SMILES string of the molecule is C#CC[N+](CCCC)(CCCC)CCCC. The summed E-state index contributed by atoms with van der Waals surface area (Å²) in [6.45, 7) is 11.6. The van der Waals surface area contributed by atoms with Crippen molar-refractivity contribution in [3.63, 3.8) is 0 Å². The lowest BCUT2D eigenvalue weighted by atomic mass is 10.1. The number of hydrogen-bond donors (Lipinski definition) is 0. The molecule has 0 aliphatic heterocycles. The fourth-order valence-corrected chi connectivity index (χ4v) is 2.25. The summed E-state index contributed by atoms with van der Waals surface area (Å²) in [7, 11) is 0. The summed E-state index contributed by atoms with van der Waals surface area (Å²) in [5.74, 6) is 2.91. The van der Waals surface area contributed by atoms with E-state index >= 15 is 0 Å². The average Bonchev–Trinajstić information content (AvgIpc) is 2.31. The highest BCUT2D eigenvalue weighted by atomic mass is 15.3. The Morgan fingerprint density at radius 1 is 0.812 bits per heavy atom. The number of rotatable bonds is 10. The summed E-state index contributed by atoms with van der Waals surface area (Å²) in [4.78, 5) is 0. The smallest absolute Gasteiger partial charge is 0.140 e. The van der Waals surface area contributed by atoms with Gasteiger partial charge in [0.1, 0.15) is 6.54 Å². The van der Waals surface area contributed by atoms with Crippen LogP contribution in [-0.4, -0.2) is 30.7 Å². The van der Waals surface area contributed by atoms with Crippen molar-refractivity contribution in [2.45, 2.75) is 59.3 Å². The third kappa shape index (κ3) is 6.18. The molecule has 0 fully saturated rings. The van der Waals surface area contributed by atoms with E-state index in [1.807, 2.05) is 0 Å². The Bertz CT molecular complexity index is 168. The van der Waals surface area contributed by atoms with Crippen molar-refractivity contribution in [3.05, 3.63) is 0 Å². The quantitative estimate of drug-likeness (QED) is 0.391. The van der Waals surface area contributed by atoms with Crippen molar-refractivity contribution in [1.29, 1.82) is 0 Å². The lowest BCUT2D eigenvalue weighted by Crippen LogP contribution is -2.50. The second kappa shape index (κ2) is 9.73. The van der Waals surface area contributed by atoms with E-state index in [1.54, 1.807) is 0 Å². The lowest BCUT2D eigenvalue weighted by molar-refractivity contribution is -0.922. The van der Waals surface area contributed by atoms with Crippen LogP contribution in [-0.2, 0) is 0 Å². The minimum atomic E-state index is 0.931. The highest BCUT2D eigenvalue weighted by molar-refractivity contribution is 4.83. The number of unbranched alkanes of at least 4 members (excludes halogenated alkanes) is 3. The summed E-state index contributed by atoms with van der Waals surface area (Å²) < 4.78 is 1.17. The van der Waals surface area contributed by atoms with Crippen molar-refractivity contribution >= 4 is 0 Å². The summed E-state index contributed by atoms with van der Waals surface area (Å²) in [6.07, 6.45) is 13.3. The van der Waals surface area contributed by atoms with Gasteiger partial charge in [0, 0.05) is 0 Å². The first-order valence-electron chi connectivity index (χ1n) is 7.03. The molecule has 94 valence electrons. The van der Waals surface area contributed by atoms with E-state index in [0.29, 0.717) is 0 Å². The minimum Gasteiger partial charge on any atom is -0.314 e. The number of nitrogens with zero attached hydrogens (tertiary/aromatic N) is 1. The van der Waals surface area contributed by atoms with Gasteiger partial charge >= 0.3 is 0 Å². The van der Waals surface area contributed by atoms with E-state index in [9.17, 15) is 0 Å². The average molecular weight is 224 g/mol. The molecule has 0 aromatic heterocycles. The van der Waals surface area contributed by atoms with Crippen LogP contribution in [0.1, 0.15) is 59.3 Å². The van der Waals surface area contributed by atoms with E-state index in [4.69, 9.17) is 6.42 Å². The van der Waals surface area contributed by atoms with Crippen molar-refractivity contribution in [2.24, 2.45) is 0 Å². The van der Waals surface area contributed by atoms with E-state index in [2.05, 4.69) is 26.7 Å². The zero-order chi connectivity index (χ0) is 12.3. The predicted octanol–water partition coefficient (Wildman–Crippen LogP) is 3.84. The van der Waals surface area contributed by atoms with Crippen LogP contribution >= 0.6 is 0 Å². The molecule has 0 aliphatic carbocycles. The van der Waals surface area contributed by atoms with Crippen molar-refractivity contribution < 1.29 is 4.48 Å². The molecule has 0 aromatic carbocycles. The highest BCUT2D eigenvalue weighted by Crippen LogP contribution is 2.14. The normalized spacial score (nSPS) is 11.4. The van der Waals surface area contributed by atoms with Crippen LogP contribution in [0.3, 0.4) is 0 Å². The maximum atomic E-state index is 5.56. The fourth-order valence-electron chi connectivity index (χ4n) is 2.25. The first-order valence-corrected chi connectivity index (χ1v) is 7.03. The fraction of sp³-hybridized carbons (Fsp3) is 0.867. The molecule has 1 heteroatoms. The second-order valence-electron chi connectivity index (χ2n) is 4.94. The first kappa shape index (κ1) is 15.5. The first-order chi connectivity index (χ1) is 7.74. The Hall–Kier alpha value is -0.480. The van der Waals surface area contributed by atoms with Crippen LogP contribution in [0.5, 0.6) is 0 Å². The standard InChI is InChI=1S/C15H30N/c1-5-9-13-16(12-8-4,14-10-6-2)15-11-7-3/h4H,5-7,9-15H2,1-3H3/q+1. The van der Waals surface area contributed by atoms with Crippen LogP contribution in [0, 0.1) is 12.3 Å². The third-order valence-electron chi connectivity index (χ3n) is 3.38. The molecule has 0 spiro atoms. The maximum absolute atomic E-state index is 5.56. The minimum absolute atomic E-state index is 0.931. The summed E-state index contributed by atoms with van der Waals surface area (Å²) >= 11 is 0. The Balaban J connectivity index is 4.39. The van der Waals surface area contributed by atoms with Crippen LogP contribution in [0.2, 0.25) is 0 Å². The molecule has 16 heavy (non-hydrogen) atoms. The van der Waals surface area contributed by atoms with Gasteiger partial charge in [-0.2, -0.15) is 0 Å². The Morgan fingerprint density at radius 3 is 1.44 bits per heavy atom. The monoisotopic (exact) mass is 224 g/mol. The molecule has 0 rings (SSSR count). The van der Waals surface area contributed by atoms with Gasteiger partial charge in [0.2, 0.25) is 0 Å². The summed E-state index contributed by atoms with van der Waals surface area (Å²) in [5, 5.41) is 0. The van der Waals surface area contributed by atoms with Gasteiger partial charge in [0.25, 0.3) is 0 Å². The largest absolute Gasteiger partial charge is 0.314 e. The summed E-state index contributed by atoms with van der Waals surface area (Å²) in [5.41, 5.74) is 0. The van der Waals surface area contributed by atoms with Gasteiger partial charge in [-0.1, -0.05) is 40.0 Å². The molecule has 0 saturated heterocycles. The zero-order valence-corrected chi connectivity index (χ0v) is 11.6. The van der Waals surface area contributed by atoms with Gasteiger partial charge < -0.3 is 4.48 Å². The maximum Gasteiger partial charge on any atom is 0.140 e. The summed E-state index contributed by atoms with van der Waals surface area (Å²) in [6, 6.07) is 0. The number of hydrogen-bond acceptors (Lipinski definition) is 0. The lowest BCUT2D eigenvalue weighted by Gasteiger charge is -2.37. The van der Waals surface area contributed by atoms with Gasteiger partial charge in [0.15, 0.2) is 0 Å². The molecule has 0 bridgehead atoms. The molecule has 0 amide bonds. The molecular formula is C15H30N+. The van der Waals surface area contributed by atoms with Gasteiger partial charge in [0.05, 0.1) is 19.6 Å². The van der Waals surface area contributed by atoms with Gasteiger partial charge in [-0.15, -0.1) is 6.42 Å². The molecule has 0 saturated carbocycles. The van der Waals surface area contributed by atoms with Crippen LogP contribution < -0.4 is 0 Å². The number of quaternary nitrogens is 1. The van der Waals surface area contributed by atoms with Gasteiger partial charge in [-0.3, -0.25) is 0 Å². The molecule has 0 radical (unpaired) electrons. The molecule has 0 heterocycles. The van der Waals surface area contributed by atoms with E-state index in [1.165, 1.54) is 62.6 Å². The third-order valence-corrected chi connectivity index (χ3v) is 3.38. The van der Waals surface area contributed by atoms with Crippen LogP contribution in [0.25, 0.3) is 0 Å². The molecule has 0 N–H and O–H groups in total. The Kier molecular flexibility index (Phi) is 9.43. The van der Waals surface area contributed by atoms with Crippen molar-refractivity contribution in [2.75, 3.05) is 26.2 Å². The van der Waals surface area contributed by atoms with Crippen molar-refractivity contribution in [3.8, 4) is 12.3 Å². The molecule has 0 unspecified atom stereocenters. The molecule has 0 atom stereocenters. The van der Waals surface area contributed by atoms with Crippen molar-refractivity contribution in [1.82, 2.24) is 0 Å².